The monoisotopic (exact) mass is 472 g/mol. The molecule has 5 heteroatoms. The van der Waals surface area contributed by atoms with Crippen molar-refractivity contribution in [3.05, 3.63) is 65.5 Å². The summed E-state index contributed by atoms with van der Waals surface area (Å²) in [6.07, 6.45) is 13.0. The van der Waals surface area contributed by atoms with Crippen molar-refractivity contribution in [2.45, 2.75) is 80.8 Å². The summed E-state index contributed by atoms with van der Waals surface area (Å²) in [5.74, 6) is 1.03. The van der Waals surface area contributed by atoms with E-state index in [1.807, 2.05) is 31.4 Å². The number of pyridine rings is 1. The summed E-state index contributed by atoms with van der Waals surface area (Å²) in [6.45, 7) is 2.44. The molecule has 5 nitrogen and oxygen atoms in total. The summed E-state index contributed by atoms with van der Waals surface area (Å²) >= 11 is 0. The van der Waals surface area contributed by atoms with Gasteiger partial charge in [0.15, 0.2) is 0 Å². The number of aromatic nitrogens is 1. The van der Waals surface area contributed by atoms with Gasteiger partial charge in [-0.2, -0.15) is 0 Å². The highest BCUT2D eigenvalue weighted by molar-refractivity contribution is 5.82. The quantitative estimate of drug-likeness (QED) is 0.680. The van der Waals surface area contributed by atoms with E-state index in [1.165, 1.54) is 34.8 Å². The van der Waals surface area contributed by atoms with Gasteiger partial charge < -0.3 is 19.8 Å². The summed E-state index contributed by atoms with van der Waals surface area (Å²) < 4.78 is 7.09. The van der Waals surface area contributed by atoms with E-state index in [2.05, 4.69) is 48.3 Å². The molecule has 0 unspecified atom stereocenters. The van der Waals surface area contributed by atoms with Gasteiger partial charge in [-0.3, -0.25) is 4.98 Å². The Hall–Kier alpha value is -2.05. The molecular weight excluding hydrogens is 436 g/mol. The lowest BCUT2D eigenvalue weighted by molar-refractivity contribution is -0.146. The first-order valence-electron chi connectivity index (χ1n) is 13.3. The van der Waals surface area contributed by atoms with E-state index in [1.54, 1.807) is 0 Å². The van der Waals surface area contributed by atoms with Crippen LogP contribution in [0.25, 0.3) is 10.8 Å². The van der Waals surface area contributed by atoms with E-state index >= 15 is 0 Å². The molecule has 2 saturated carbocycles. The van der Waals surface area contributed by atoms with E-state index in [4.69, 9.17) is 4.74 Å². The molecule has 2 aliphatic heterocycles. The molecule has 184 valence electrons. The zero-order valence-electron chi connectivity index (χ0n) is 20.9. The Morgan fingerprint density at radius 1 is 1.03 bits per heavy atom. The largest absolute Gasteiger partial charge is 0.388 e. The average molecular weight is 473 g/mol. The minimum absolute atomic E-state index is 0.0455. The van der Waals surface area contributed by atoms with Gasteiger partial charge in [0.1, 0.15) is 6.10 Å². The van der Waals surface area contributed by atoms with Crippen molar-refractivity contribution < 1.29 is 14.9 Å². The Bertz CT molecular complexity index is 1270. The fraction of sp³-hybridized carbons (Fsp3) is 0.567. The first-order chi connectivity index (χ1) is 16.7. The van der Waals surface area contributed by atoms with E-state index in [0.717, 1.165) is 31.3 Å². The van der Waals surface area contributed by atoms with Crippen molar-refractivity contribution in [3.63, 3.8) is 0 Å². The van der Waals surface area contributed by atoms with E-state index in [0.29, 0.717) is 11.8 Å². The van der Waals surface area contributed by atoms with Crippen LogP contribution in [0.5, 0.6) is 0 Å². The highest BCUT2D eigenvalue weighted by Gasteiger charge is 2.64. The molecule has 2 bridgehead atoms. The van der Waals surface area contributed by atoms with Gasteiger partial charge in [-0.15, -0.1) is 0 Å². The third kappa shape index (κ3) is 2.93. The first kappa shape index (κ1) is 22.2. The van der Waals surface area contributed by atoms with Gasteiger partial charge in [0, 0.05) is 23.8 Å². The fourth-order valence-corrected chi connectivity index (χ4v) is 8.50. The summed E-state index contributed by atoms with van der Waals surface area (Å²) in [4.78, 5) is 6.38. The molecule has 7 rings (SSSR count). The van der Waals surface area contributed by atoms with Crippen molar-refractivity contribution in [2.24, 2.45) is 11.3 Å². The van der Waals surface area contributed by atoms with Gasteiger partial charge in [-0.25, -0.2) is 0 Å². The molecule has 3 heterocycles. The predicted octanol–water partition coefficient (Wildman–Crippen LogP) is 4.35. The molecule has 3 aliphatic carbocycles. The summed E-state index contributed by atoms with van der Waals surface area (Å²) in [6, 6.07) is 8.85. The predicted molar refractivity (Wildman–Crippen MR) is 136 cm³/mol. The third-order valence-corrected chi connectivity index (χ3v) is 10.5. The number of benzene rings is 1. The molecule has 0 radical (unpaired) electrons. The van der Waals surface area contributed by atoms with E-state index in [9.17, 15) is 10.2 Å². The number of aliphatic hydroxyl groups excluding tert-OH is 2. The number of likely N-dealkylation sites (N-methyl/N-ethyl adjacent to an activating group) is 1. The molecule has 2 aromatic rings. The van der Waals surface area contributed by atoms with Gasteiger partial charge in [-0.1, -0.05) is 31.2 Å². The van der Waals surface area contributed by atoms with Gasteiger partial charge in [-0.05, 0) is 104 Å². The topological polar surface area (TPSA) is 65.8 Å². The van der Waals surface area contributed by atoms with Crippen LogP contribution >= 0.6 is 0 Å². The van der Waals surface area contributed by atoms with Crippen molar-refractivity contribution in [1.29, 1.82) is 0 Å². The van der Waals surface area contributed by atoms with E-state index in [-0.39, 0.29) is 17.1 Å². The second kappa shape index (κ2) is 7.25. The number of ether oxygens (including phenoxy) is 1. The van der Waals surface area contributed by atoms with Gasteiger partial charge in [0.2, 0.25) is 0 Å². The molecule has 8 atom stereocenters. The number of fused-ring (bicyclic) bond motifs is 2. The minimum atomic E-state index is -0.883. The summed E-state index contributed by atoms with van der Waals surface area (Å²) in [7, 11) is 3.97. The molecule has 1 saturated heterocycles. The molecule has 1 aromatic carbocycles. The number of hydrogen-bond donors (Lipinski definition) is 2. The lowest BCUT2D eigenvalue weighted by Crippen LogP contribution is -2.60. The summed E-state index contributed by atoms with van der Waals surface area (Å²) in [5.41, 5.74) is 2.90. The second-order valence-corrected chi connectivity index (χ2v) is 12.3. The number of rotatable bonds is 2. The normalized spacial score (nSPS) is 44.0. The molecular formula is C30H36N2O3. The van der Waals surface area contributed by atoms with Crippen LogP contribution in [-0.2, 0) is 4.74 Å². The standard InChI is InChI=1S/C30H36N2O3/c1-28-14-22-13-24-26(33)27(34)25(32(2)3)16-30(24)10-9-29(22,35-30)15-21(28)6-7-23(28)19-5-4-18-8-11-31-17-20(18)12-19/h4-5,8,11-14,17,21,23,25-27,33-34H,6-7,9-10,15-16H2,1-3H3/t21-,23+,25-,26+,27+,28-,29-,30+/m0/s1. The van der Waals surface area contributed by atoms with Crippen molar-refractivity contribution in [3.8, 4) is 0 Å². The Labute approximate surface area is 207 Å². The Balaban J connectivity index is 1.31. The van der Waals surface area contributed by atoms with Crippen LogP contribution in [-0.4, -0.2) is 63.6 Å². The Morgan fingerprint density at radius 3 is 2.69 bits per heavy atom. The average Bonchev–Trinajstić information content (AvgIpc) is 3.33. The van der Waals surface area contributed by atoms with Crippen LogP contribution in [0.3, 0.4) is 0 Å². The molecule has 2 N–H and O–H groups in total. The van der Waals surface area contributed by atoms with Crippen LogP contribution in [0.15, 0.2) is 60.0 Å². The lowest BCUT2D eigenvalue weighted by Gasteiger charge is -2.54. The SMILES string of the molecule is CN(C)[C@H]1C[C@]23CC[C@@]4(C[C@@H]5CC[C@H](c6ccc7ccncc7c6)[C@@]5(C)C=C4C=C2[C@@H](O)[C@@H]1O)O3. The first-order valence-corrected chi connectivity index (χ1v) is 13.3. The lowest BCUT2D eigenvalue weighted by atomic mass is 9.61. The molecule has 0 amide bonds. The van der Waals surface area contributed by atoms with E-state index < -0.39 is 17.8 Å². The molecule has 3 fully saturated rings. The number of allylic oxidation sites excluding steroid dienone is 1. The number of nitrogens with zero attached hydrogens (tertiary/aromatic N) is 2. The van der Waals surface area contributed by atoms with Crippen LogP contribution < -0.4 is 0 Å². The molecule has 2 spiro atoms. The van der Waals surface area contributed by atoms with Crippen LogP contribution in [0, 0.1) is 11.3 Å². The highest BCUT2D eigenvalue weighted by atomic mass is 16.5. The van der Waals surface area contributed by atoms with Gasteiger partial charge in [0.25, 0.3) is 0 Å². The summed E-state index contributed by atoms with van der Waals surface area (Å²) in [5, 5.41) is 24.6. The second-order valence-electron chi connectivity index (χ2n) is 12.3. The zero-order chi connectivity index (χ0) is 24.2. The zero-order valence-corrected chi connectivity index (χ0v) is 20.9. The van der Waals surface area contributed by atoms with Crippen molar-refractivity contribution in [1.82, 2.24) is 9.88 Å². The Morgan fingerprint density at radius 2 is 1.86 bits per heavy atom. The smallest absolute Gasteiger partial charge is 0.105 e. The molecule has 5 aliphatic rings. The number of hydrogen-bond acceptors (Lipinski definition) is 5. The van der Waals surface area contributed by atoms with Crippen molar-refractivity contribution in [2.75, 3.05) is 14.1 Å². The van der Waals surface area contributed by atoms with Crippen molar-refractivity contribution >= 4 is 10.8 Å². The molecule has 35 heavy (non-hydrogen) atoms. The maximum absolute atomic E-state index is 11.2. The minimum Gasteiger partial charge on any atom is -0.388 e. The highest BCUT2D eigenvalue weighted by Crippen LogP contribution is 2.66. The third-order valence-electron chi connectivity index (χ3n) is 10.5. The molecule has 1 aromatic heterocycles. The van der Waals surface area contributed by atoms with Crippen LogP contribution in [0.2, 0.25) is 0 Å². The van der Waals surface area contributed by atoms with Gasteiger partial charge in [0.05, 0.1) is 17.3 Å². The maximum Gasteiger partial charge on any atom is 0.105 e. The van der Waals surface area contributed by atoms with Crippen LogP contribution in [0.1, 0.15) is 56.9 Å². The fourth-order valence-electron chi connectivity index (χ4n) is 8.50. The Kier molecular flexibility index (Phi) is 4.60. The number of aliphatic hydroxyl groups is 2. The maximum atomic E-state index is 11.2. The van der Waals surface area contributed by atoms with Gasteiger partial charge >= 0.3 is 0 Å². The van der Waals surface area contributed by atoms with Crippen LogP contribution in [0.4, 0.5) is 0 Å².